The van der Waals surface area contributed by atoms with Gasteiger partial charge in [-0.05, 0) is 92.9 Å². The highest BCUT2D eigenvalue weighted by Gasteiger charge is 2.28. The Morgan fingerprint density at radius 1 is 0.660 bits per heavy atom. The van der Waals surface area contributed by atoms with Gasteiger partial charge in [0, 0.05) is 70.5 Å². The van der Waals surface area contributed by atoms with Crippen molar-refractivity contribution in [3.05, 3.63) is 36.0 Å². The van der Waals surface area contributed by atoms with Crippen molar-refractivity contribution in [1.82, 2.24) is 24.6 Å². The quantitative estimate of drug-likeness (QED) is 0.373. The van der Waals surface area contributed by atoms with Crippen LogP contribution in [0.25, 0.3) is 10.9 Å². The number of aromatic hydroxyl groups is 1. The minimum absolute atomic E-state index is 0.120. The van der Waals surface area contributed by atoms with Crippen LogP contribution in [0.3, 0.4) is 0 Å². The Labute approximate surface area is 279 Å². The number of phenols is 1. The summed E-state index contributed by atoms with van der Waals surface area (Å²) in [5.74, 6) is 0.120. The van der Waals surface area contributed by atoms with E-state index < -0.39 is 35.1 Å². The summed E-state index contributed by atoms with van der Waals surface area (Å²) in [5, 5.41) is 11.3. The number of aromatic nitrogens is 1. The molecule has 1 N–H and O–H groups in total. The van der Waals surface area contributed by atoms with Gasteiger partial charge in [-0.2, -0.15) is 0 Å². The summed E-state index contributed by atoms with van der Waals surface area (Å²) >= 11 is 0. The Morgan fingerprint density at radius 2 is 1.11 bits per heavy atom. The first-order valence-corrected chi connectivity index (χ1v) is 16.5. The molecule has 47 heavy (non-hydrogen) atoms. The fraction of sp³-hybridized carbons (Fsp3) is 0.657. The third kappa shape index (κ3) is 12.7. The maximum Gasteiger partial charge on any atom is 0.410 e. The Bertz CT molecular complexity index is 1360. The van der Waals surface area contributed by atoms with Crippen LogP contribution in [-0.4, -0.2) is 117 Å². The van der Waals surface area contributed by atoms with Gasteiger partial charge in [0.05, 0.1) is 0 Å². The van der Waals surface area contributed by atoms with Crippen molar-refractivity contribution in [2.45, 2.75) is 98.5 Å². The van der Waals surface area contributed by atoms with Crippen molar-refractivity contribution in [3.8, 4) is 5.75 Å². The molecule has 2 aromatic rings. The molecule has 1 aliphatic heterocycles. The molecule has 1 aliphatic rings. The van der Waals surface area contributed by atoms with Gasteiger partial charge < -0.3 is 34.0 Å². The van der Waals surface area contributed by atoms with Gasteiger partial charge >= 0.3 is 18.3 Å². The van der Waals surface area contributed by atoms with Crippen LogP contribution in [0.15, 0.2) is 30.5 Å². The molecular weight excluding hydrogens is 602 g/mol. The van der Waals surface area contributed by atoms with E-state index in [1.165, 1.54) is 0 Å². The number of carbonyl (C=O) groups excluding carboxylic acids is 3. The first-order valence-electron chi connectivity index (χ1n) is 16.5. The molecule has 1 aromatic heterocycles. The third-order valence-electron chi connectivity index (χ3n) is 7.27. The average Bonchev–Trinajstić information content (AvgIpc) is 2.93. The van der Waals surface area contributed by atoms with Crippen molar-refractivity contribution in [2.24, 2.45) is 0 Å². The van der Waals surface area contributed by atoms with Crippen LogP contribution in [0, 0.1) is 0 Å². The number of fused-ring (bicyclic) bond motifs is 1. The molecule has 1 saturated heterocycles. The maximum absolute atomic E-state index is 13.4. The van der Waals surface area contributed by atoms with Crippen molar-refractivity contribution >= 4 is 29.2 Å². The summed E-state index contributed by atoms with van der Waals surface area (Å²) < 4.78 is 17.2. The maximum atomic E-state index is 13.4. The van der Waals surface area contributed by atoms with E-state index in [0.29, 0.717) is 64.2 Å². The number of pyridine rings is 1. The molecule has 1 aromatic carbocycles. The Hall–Kier alpha value is -3.80. The van der Waals surface area contributed by atoms with Crippen LogP contribution in [0.4, 0.5) is 14.4 Å². The van der Waals surface area contributed by atoms with E-state index in [-0.39, 0.29) is 18.8 Å². The molecule has 0 saturated carbocycles. The van der Waals surface area contributed by atoms with Crippen molar-refractivity contribution in [1.29, 1.82) is 0 Å². The van der Waals surface area contributed by atoms with Crippen molar-refractivity contribution in [3.63, 3.8) is 0 Å². The van der Waals surface area contributed by atoms with Gasteiger partial charge in [-0.1, -0.05) is 12.1 Å². The van der Waals surface area contributed by atoms with E-state index in [0.717, 1.165) is 10.9 Å². The summed E-state index contributed by atoms with van der Waals surface area (Å²) in [6.45, 7) is 20.1. The van der Waals surface area contributed by atoms with E-state index in [4.69, 9.17) is 14.2 Å². The van der Waals surface area contributed by atoms with Crippen LogP contribution >= 0.6 is 0 Å². The SMILES string of the molecule is CC(C)(C)OC(=O)N1CCCN(C(=O)OC(C)(C)C)CCN(C(=O)OC(C)(C)C)CCCN(Cc2ccc(O)c3ncccc23)CC1. The largest absolute Gasteiger partial charge is 0.506 e. The highest BCUT2D eigenvalue weighted by molar-refractivity contribution is 5.87. The molecule has 0 unspecified atom stereocenters. The minimum Gasteiger partial charge on any atom is -0.506 e. The molecule has 262 valence electrons. The average molecular weight is 658 g/mol. The Morgan fingerprint density at radius 3 is 1.57 bits per heavy atom. The van der Waals surface area contributed by atoms with Gasteiger partial charge in [-0.3, -0.25) is 9.88 Å². The number of carbonyl (C=O) groups is 3. The van der Waals surface area contributed by atoms with Gasteiger partial charge in [-0.15, -0.1) is 0 Å². The second kappa shape index (κ2) is 15.9. The van der Waals surface area contributed by atoms with E-state index in [1.807, 2.05) is 80.5 Å². The molecule has 12 heteroatoms. The topological polar surface area (TPSA) is 125 Å². The molecule has 0 aliphatic carbocycles. The predicted octanol–water partition coefficient (Wildman–Crippen LogP) is 6.25. The van der Waals surface area contributed by atoms with E-state index in [2.05, 4.69) is 9.88 Å². The van der Waals surface area contributed by atoms with Gasteiger partial charge in [0.2, 0.25) is 0 Å². The fourth-order valence-corrected chi connectivity index (χ4v) is 5.17. The van der Waals surface area contributed by atoms with E-state index in [1.54, 1.807) is 27.0 Å². The second-order valence-corrected chi connectivity index (χ2v) is 15.0. The lowest BCUT2D eigenvalue weighted by Crippen LogP contribution is -2.47. The van der Waals surface area contributed by atoms with Gasteiger partial charge in [-0.25, -0.2) is 14.4 Å². The number of benzene rings is 1. The third-order valence-corrected chi connectivity index (χ3v) is 7.27. The second-order valence-electron chi connectivity index (χ2n) is 15.0. The number of amides is 3. The molecular formula is C35H55N5O7. The standard InChI is InChI=1S/C35H55N5O7/c1-33(2,3)45-30(42)38-19-12-20-40(32(44)47-35(7,8)9)24-23-39(31(43)46-34(4,5)6)18-11-17-37(21-22-38)25-26-14-15-28(41)29-27(26)13-10-16-36-29/h10,13-16,41H,11-12,17-25H2,1-9H3. The molecule has 0 radical (unpaired) electrons. The van der Waals surface area contributed by atoms with Gasteiger partial charge in [0.15, 0.2) is 0 Å². The molecule has 12 nitrogen and oxygen atoms in total. The smallest absolute Gasteiger partial charge is 0.410 e. The lowest BCUT2D eigenvalue weighted by Gasteiger charge is -2.34. The molecule has 0 atom stereocenters. The van der Waals surface area contributed by atoms with Crippen molar-refractivity contribution < 1.29 is 33.7 Å². The molecule has 0 bridgehead atoms. The highest BCUT2D eigenvalue weighted by Crippen LogP contribution is 2.26. The summed E-state index contributed by atoms with van der Waals surface area (Å²) in [6, 6.07) is 7.34. The zero-order valence-electron chi connectivity index (χ0n) is 29.8. The molecule has 1 fully saturated rings. The van der Waals surface area contributed by atoms with Crippen LogP contribution in [-0.2, 0) is 20.8 Å². The first-order chi connectivity index (χ1) is 21.8. The molecule has 2 heterocycles. The number of rotatable bonds is 2. The lowest BCUT2D eigenvalue weighted by atomic mass is 10.1. The zero-order valence-corrected chi connectivity index (χ0v) is 29.8. The fourth-order valence-electron chi connectivity index (χ4n) is 5.17. The summed E-state index contributed by atoms with van der Waals surface area (Å²) in [6.07, 6.45) is 1.43. The summed E-state index contributed by atoms with van der Waals surface area (Å²) in [4.78, 5) is 51.4. The monoisotopic (exact) mass is 657 g/mol. The predicted molar refractivity (Wildman–Crippen MR) is 181 cm³/mol. The van der Waals surface area contributed by atoms with Crippen LogP contribution < -0.4 is 0 Å². The molecule has 0 spiro atoms. The van der Waals surface area contributed by atoms with Crippen LogP contribution in [0.5, 0.6) is 5.75 Å². The lowest BCUT2D eigenvalue weighted by molar-refractivity contribution is 0.0101. The van der Waals surface area contributed by atoms with Crippen LogP contribution in [0.2, 0.25) is 0 Å². The van der Waals surface area contributed by atoms with Crippen molar-refractivity contribution in [2.75, 3.05) is 52.4 Å². The number of nitrogens with zero attached hydrogens (tertiary/aromatic N) is 5. The normalized spacial score (nSPS) is 16.8. The first kappa shape index (κ1) is 37.7. The number of hydrogen-bond acceptors (Lipinski definition) is 9. The van der Waals surface area contributed by atoms with E-state index in [9.17, 15) is 19.5 Å². The summed E-state index contributed by atoms with van der Waals surface area (Å²) in [5.41, 5.74) is -0.500. The minimum atomic E-state index is -0.689. The Balaban J connectivity index is 1.91. The van der Waals surface area contributed by atoms with Gasteiger partial charge in [0.25, 0.3) is 0 Å². The molecule has 3 amide bonds. The highest BCUT2D eigenvalue weighted by atomic mass is 16.6. The zero-order chi connectivity index (χ0) is 35.0. The number of ether oxygens (including phenoxy) is 3. The van der Waals surface area contributed by atoms with Gasteiger partial charge in [0.1, 0.15) is 28.1 Å². The Kier molecular flexibility index (Phi) is 12.7. The number of hydrogen-bond donors (Lipinski definition) is 1. The van der Waals surface area contributed by atoms with E-state index >= 15 is 0 Å². The molecule has 3 rings (SSSR count). The summed E-state index contributed by atoms with van der Waals surface area (Å²) in [7, 11) is 0. The van der Waals surface area contributed by atoms with Crippen LogP contribution in [0.1, 0.15) is 80.7 Å². The number of phenolic OH excluding ortho intramolecular Hbond substituents is 1.